The van der Waals surface area contributed by atoms with Gasteiger partial charge in [0.1, 0.15) is 11.5 Å². The molecule has 258 valence electrons. The maximum atomic E-state index is 5.49. The van der Waals surface area contributed by atoms with E-state index in [4.69, 9.17) is 9.47 Å². The number of hydrogen-bond donors (Lipinski definition) is 0. The SMILES string of the molecule is COc1ccc(N(c2ccc(OC)cc2)c2cccc(C3CC=CC4C(c5cccc(N(c6ccccc6)c6ccccc6)c5)CC=CC34)c2)cc1. The van der Waals surface area contributed by atoms with Crippen molar-refractivity contribution in [1.29, 1.82) is 0 Å². The molecule has 0 fully saturated rings. The molecule has 0 aromatic heterocycles. The minimum Gasteiger partial charge on any atom is -0.497 e. The molecule has 4 nitrogen and oxygen atoms in total. The summed E-state index contributed by atoms with van der Waals surface area (Å²) in [5, 5.41) is 0. The van der Waals surface area contributed by atoms with Crippen molar-refractivity contribution in [3.63, 3.8) is 0 Å². The zero-order chi connectivity index (χ0) is 35.3. The quantitative estimate of drug-likeness (QED) is 0.134. The van der Waals surface area contributed by atoms with Gasteiger partial charge < -0.3 is 19.3 Å². The second-order valence-electron chi connectivity index (χ2n) is 13.6. The first-order chi connectivity index (χ1) is 25.7. The van der Waals surface area contributed by atoms with Gasteiger partial charge in [0.2, 0.25) is 0 Å². The van der Waals surface area contributed by atoms with E-state index in [0.717, 1.165) is 52.8 Å². The Morgan fingerprint density at radius 1 is 0.404 bits per heavy atom. The second-order valence-corrected chi connectivity index (χ2v) is 13.6. The minimum absolute atomic E-state index is 0.371. The van der Waals surface area contributed by atoms with Crippen LogP contribution in [0.1, 0.15) is 35.8 Å². The van der Waals surface area contributed by atoms with E-state index in [1.165, 1.54) is 16.8 Å². The molecule has 0 N–H and O–H groups in total. The number of ether oxygens (including phenoxy) is 2. The normalized spacial score (nSPS) is 19.0. The predicted octanol–water partition coefficient (Wildman–Crippen LogP) is 12.7. The highest BCUT2D eigenvalue weighted by molar-refractivity contribution is 5.78. The Balaban J connectivity index is 1.12. The third-order valence-corrected chi connectivity index (χ3v) is 10.7. The van der Waals surface area contributed by atoms with Gasteiger partial charge in [0.15, 0.2) is 0 Å². The average molecular weight is 681 g/mol. The first-order valence-electron chi connectivity index (χ1n) is 18.2. The van der Waals surface area contributed by atoms with E-state index in [-0.39, 0.29) is 0 Å². The summed E-state index contributed by atoms with van der Waals surface area (Å²) in [7, 11) is 3.41. The molecule has 0 aliphatic heterocycles. The van der Waals surface area contributed by atoms with E-state index in [2.05, 4.69) is 168 Å². The van der Waals surface area contributed by atoms with Gasteiger partial charge in [0, 0.05) is 34.1 Å². The van der Waals surface area contributed by atoms with E-state index < -0.39 is 0 Å². The minimum atomic E-state index is 0.371. The molecule has 0 saturated heterocycles. The number of para-hydroxylation sites is 2. The fourth-order valence-corrected chi connectivity index (χ4v) is 8.16. The Kier molecular flexibility index (Phi) is 9.62. The maximum absolute atomic E-state index is 5.49. The molecular weight excluding hydrogens is 637 g/mol. The number of anilines is 6. The summed E-state index contributed by atoms with van der Waals surface area (Å²) < 4.78 is 11.0. The lowest BCUT2D eigenvalue weighted by molar-refractivity contribution is 0.313. The molecule has 0 bridgehead atoms. The van der Waals surface area contributed by atoms with Crippen molar-refractivity contribution >= 4 is 34.1 Å². The van der Waals surface area contributed by atoms with Crippen molar-refractivity contribution in [3.8, 4) is 11.5 Å². The van der Waals surface area contributed by atoms with E-state index in [1.807, 2.05) is 24.3 Å². The largest absolute Gasteiger partial charge is 0.497 e. The van der Waals surface area contributed by atoms with Gasteiger partial charge in [0.05, 0.1) is 14.2 Å². The molecule has 0 amide bonds. The van der Waals surface area contributed by atoms with Crippen molar-refractivity contribution in [1.82, 2.24) is 0 Å². The molecule has 6 aromatic carbocycles. The molecule has 0 heterocycles. The lowest BCUT2D eigenvalue weighted by atomic mass is 9.64. The number of fused-ring (bicyclic) bond motifs is 1. The number of rotatable bonds is 10. The summed E-state index contributed by atoms with van der Waals surface area (Å²) in [6, 6.07) is 56.3. The average Bonchev–Trinajstić information content (AvgIpc) is 3.22. The van der Waals surface area contributed by atoms with E-state index in [0.29, 0.717) is 23.7 Å². The standard InChI is InChI=1S/C48H44N2O2/c1-51-43-29-25-39(26-30-43)50(40-27-31-44(52-2)32-28-40)42-20-10-14-36(34-42)46-22-12-23-47-45(21-11-24-48(46)47)35-13-9-19-41(33-35)49(37-15-5-3-6-16-37)38-17-7-4-8-18-38/h3-20,23-34,45-48H,21-22H2,1-2H3. The first kappa shape index (κ1) is 33.2. The first-order valence-corrected chi connectivity index (χ1v) is 18.2. The third-order valence-electron chi connectivity index (χ3n) is 10.7. The summed E-state index contributed by atoms with van der Waals surface area (Å²) in [6.45, 7) is 0. The van der Waals surface area contributed by atoms with Crippen LogP contribution in [0.25, 0.3) is 0 Å². The fraction of sp³-hybridized carbons (Fsp3) is 0.167. The lowest BCUT2D eigenvalue weighted by Crippen LogP contribution is -2.29. The molecule has 0 saturated carbocycles. The number of nitrogens with zero attached hydrogens (tertiary/aromatic N) is 2. The molecule has 0 spiro atoms. The zero-order valence-corrected chi connectivity index (χ0v) is 29.8. The van der Waals surface area contributed by atoms with E-state index in [1.54, 1.807) is 14.2 Å². The van der Waals surface area contributed by atoms with Crippen molar-refractivity contribution in [3.05, 3.63) is 193 Å². The van der Waals surface area contributed by atoms with Gasteiger partial charge in [-0.3, -0.25) is 0 Å². The smallest absolute Gasteiger partial charge is 0.119 e. The Hall–Kier alpha value is -6.00. The molecule has 0 radical (unpaired) electrons. The van der Waals surface area contributed by atoms with Crippen LogP contribution in [0.4, 0.5) is 34.1 Å². The Morgan fingerprint density at radius 2 is 0.769 bits per heavy atom. The van der Waals surface area contributed by atoms with Crippen LogP contribution in [0, 0.1) is 11.8 Å². The lowest BCUT2D eigenvalue weighted by Gasteiger charge is -2.41. The van der Waals surface area contributed by atoms with Crippen molar-refractivity contribution in [2.24, 2.45) is 11.8 Å². The molecule has 4 unspecified atom stereocenters. The predicted molar refractivity (Wildman–Crippen MR) is 215 cm³/mol. The van der Waals surface area contributed by atoms with E-state index in [9.17, 15) is 0 Å². The molecule has 2 aliphatic carbocycles. The number of allylic oxidation sites excluding steroid dienone is 4. The summed E-state index contributed by atoms with van der Waals surface area (Å²) in [4.78, 5) is 4.68. The van der Waals surface area contributed by atoms with Gasteiger partial charge in [-0.2, -0.15) is 0 Å². The molecule has 6 aromatic rings. The van der Waals surface area contributed by atoms with Crippen LogP contribution in [-0.2, 0) is 0 Å². The van der Waals surface area contributed by atoms with Crippen LogP contribution < -0.4 is 19.3 Å². The Morgan fingerprint density at radius 3 is 1.15 bits per heavy atom. The van der Waals surface area contributed by atoms with E-state index >= 15 is 0 Å². The number of methoxy groups -OCH3 is 2. The fourth-order valence-electron chi connectivity index (χ4n) is 8.16. The van der Waals surface area contributed by atoms with Gasteiger partial charge in [-0.05, 0) is 145 Å². The van der Waals surface area contributed by atoms with Crippen LogP contribution in [-0.4, -0.2) is 14.2 Å². The molecule has 52 heavy (non-hydrogen) atoms. The van der Waals surface area contributed by atoms with Gasteiger partial charge in [0.25, 0.3) is 0 Å². The molecule has 2 aliphatic rings. The zero-order valence-electron chi connectivity index (χ0n) is 29.8. The maximum Gasteiger partial charge on any atom is 0.119 e. The van der Waals surface area contributed by atoms with Crippen LogP contribution in [0.3, 0.4) is 0 Å². The van der Waals surface area contributed by atoms with Crippen LogP contribution >= 0.6 is 0 Å². The molecule has 4 atom stereocenters. The van der Waals surface area contributed by atoms with Crippen LogP contribution in [0.5, 0.6) is 11.5 Å². The Bertz CT molecular complexity index is 2050. The highest BCUT2D eigenvalue weighted by Gasteiger charge is 2.37. The number of benzene rings is 6. The second kappa shape index (κ2) is 15.1. The van der Waals surface area contributed by atoms with Crippen LogP contribution in [0.2, 0.25) is 0 Å². The van der Waals surface area contributed by atoms with Crippen molar-refractivity contribution < 1.29 is 9.47 Å². The summed E-state index contributed by atoms with van der Waals surface area (Å²) in [5.74, 6) is 3.24. The molecule has 4 heteroatoms. The number of hydrogen-bond acceptors (Lipinski definition) is 4. The Labute approximate surface area is 307 Å². The monoisotopic (exact) mass is 680 g/mol. The third kappa shape index (κ3) is 6.72. The van der Waals surface area contributed by atoms with Gasteiger partial charge in [-0.1, -0.05) is 85.0 Å². The summed E-state index contributed by atoms with van der Waals surface area (Å²) in [6.07, 6.45) is 11.9. The van der Waals surface area contributed by atoms with Crippen molar-refractivity contribution in [2.75, 3.05) is 24.0 Å². The molecular formula is C48H44N2O2. The van der Waals surface area contributed by atoms with Crippen molar-refractivity contribution in [2.45, 2.75) is 24.7 Å². The topological polar surface area (TPSA) is 24.9 Å². The summed E-state index contributed by atoms with van der Waals surface area (Å²) in [5.41, 5.74) is 9.52. The highest BCUT2D eigenvalue weighted by atomic mass is 16.5. The summed E-state index contributed by atoms with van der Waals surface area (Å²) >= 11 is 0. The molecule has 8 rings (SSSR count). The van der Waals surface area contributed by atoms with Gasteiger partial charge >= 0.3 is 0 Å². The van der Waals surface area contributed by atoms with Gasteiger partial charge in [-0.15, -0.1) is 0 Å². The van der Waals surface area contributed by atoms with Crippen LogP contribution in [0.15, 0.2) is 182 Å². The van der Waals surface area contributed by atoms with Gasteiger partial charge in [-0.25, -0.2) is 0 Å². The highest BCUT2D eigenvalue weighted by Crippen LogP contribution is 2.50.